The van der Waals surface area contributed by atoms with Crippen LogP contribution in [0.4, 0.5) is 0 Å². The first-order valence-electron chi connectivity index (χ1n) is 9.24. The fraction of sp³-hybridized carbons (Fsp3) is 0.750. The molecule has 1 saturated carbocycles. The highest BCUT2D eigenvalue weighted by atomic mass is 16.1. The Balaban J connectivity index is 1.49. The van der Waals surface area contributed by atoms with Crippen LogP contribution in [0.25, 0.3) is 0 Å². The van der Waals surface area contributed by atoms with E-state index in [1.807, 2.05) is 0 Å². The lowest BCUT2D eigenvalue weighted by Gasteiger charge is -2.05. The van der Waals surface area contributed by atoms with Crippen molar-refractivity contribution in [1.82, 2.24) is 5.32 Å². The van der Waals surface area contributed by atoms with Crippen molar-refractivity contribution in [1.29, 1.82) is 0 Å². The van der Waals surface area contributed by atoms with Gasteiger partial charge < -0.3 is 5.32 Å². The van der Waals surface area contributed by atoms with Crippen LogP contribution >= 0.6 is 0 Å². The second-order valence-corrected chi connectivity index (χ2v) is 7.27. The molecular formula is C20H33NO. The molecule has 0 aromatic rings. The van der Waals surface area contributed by atoms with Gasteiger partial charge in [-0.2, -0.15) is 0 Å². The molecule has 2 aliphatic carbocycles. The molecule has 0 aromatic carbocycles. The Bertz CT molecular complexity index is 383. The van der Waals surface area contributed by atoms with E-state index < -0.39 is 0 Å². The highest BCUT2D eigenvalue weighted by molar-refractivity contribution is 5.75. The largest absolute Gasteiger partial charge is 0.356 e. The Kier molecular flexibility index (Phi) is 7.21. The van der Waals surface area contributed by atoms with Gasteiger partial charge in [0.15, 0.2) is 0 Å². The van der Waals surface area contributed by atoms with Crippen LogP contribution in [0.3, 0.4) is 0 Å². The van der Waals surface area contributed by atoms with Crippen LogP contribution in [0.5, 0.6) is 0 Å². The lowest BCUT2D eigenvalue weighted by molar-refractivity contribution is -0.121. The molecular weight excluding hydrogens is 270 g/mol. The number of hydrogen-bond donors (Lipinski definition) is 1. The van der Waals surface area contributed by atoms with Gasteiger partial charge in [0.25, 0.3) is 0 Å². The lowest BCUT2D eigenvalue weighted by Crippen LogP contribution is -2.24. The molecule has 0 spiro atoms. The number of carbonyl (C=O) groups is 1. The molecule has 0 aromatic heterocycles. The van der Waals surface area contributed by atoms with E-state index in [0.29, 0.717) is 0 Å². The molecule has 2 rings (SSSR count). The van der Waals surface area contributed by atoms with E-state index in [-0.39, 0.29) is 5.91 Å². The summed E-state index contributed by atoms with van der Waals surface area (Å²) in [5.74, 6) is 2.93. The van der Waals surface area contributed by atoms with Gasteiger partial charge in [-0.25, -0.2) is 0 Å². The molecule has 0 heterocycles. The summed E-state index contributed by atoms with van der Waals surface area (Å²) in [6.45, 7) is 6.84. The van der Waals surface area contributed by atoms with Gasteiger partial charge >= 0.3 is 0 Å². The Hall–Kier alpha value is -1.05. The Morgan fingerprint density at radius 1 is 1.09 bits per heavy atom. The van der Waals surface area contributed by atoms with Crippen molar-refractivity contribution in [2.45, 2.75) is 71.1 Å². The van der Waals surface area contributed by atoms with Crippen molar-refractivity contribution in [3.63, 3.8) is 0 Å². The maximum Gasteiger partial charge on any atom is 0.220 e. The minimum Gasteiger partial charge on any atom is -0.356 e. The SMILES string of the molecule is C=C(C)CCCCCNC(=O)CCC1C2CC/C=C\CCC21. The summed E-state index contributed by atoms with van der Waals surface area (Å²) in [5, 5.41) is 3.09. The monoisotopic (exact) mass is 303 g/mol. The highest BCUT2D eigenvalue weighted by Gasteiger charge is 2.47. The highest BCUT2D eigenvalue weighted by Crippen LogP contribution is 2.54. The average Bonchev–Trinajstić information content (AvgIpc) is 3.10. The van der Waals surface area contributed by atoms with E-state index in [4.69, 9.17) is 0 Å². The Morgan fingerprint density at radius 2 is 1.77 bits per heavy atom. The molecule has 2 atom stereocenters. The van der Waals surface area contributed by atoms with Gasteiger partial charge in [0, 0.05) is 13.0 Å². The fourth-order valence-electron chi connectivity index (χ4n) is 3.96. The van der Waals surface area contributed by atoms with Crippen LogP contribution in [0, 0.1) is 17.8 Å². The third-order valence-corrected chi connectivity index (χ3v) is 5.32. The molecule has 0 saturated heterocycles. The molecule has 1 amide bonds. The molecule has 2 aliphatic rings. The Morgan fingerprint density at radius 3 is 2.41 bits per heavy atom. The molecule has 0 bridgehead atoms. The zero-order valence-electron chi connectivity index (χ0n) is 14.3. The van der Waals surface area contributed by atoms with Crippen molar-refractivity contribution >= 4 is 5.91 Å². The van der Waals surface area contributed by atoms with E-state index in [1.54, 1.807) is 0 Å². The topological polar surface area (TPSA) is 29.1 Å². The summed E-state index contributed by atoms with van der Waals surface area (Å²) < 4.78 is 0. The number of allylic oxidation sites excluding steroid dienone is 3. The summed E-state index contributed by atoms with van der Waals surface area (Å²) in [5.41, 5.74) is 1.26. The second kappa shape index (κ2) is 9.17. The van der Waals surface area contributed by atoms with Crippen LogP contribution in [-0.4, -0.2) is 12.5 Å². The van der Waals surface area contributed by atoms with Crippen LogP contribution in [0.15, 0.2) is 24.3 Å². The van der Waals surface area contributed by atoms with Gasteiger partial charge in [-0.3, -0.25) is 4.79 Å². The zero-order valence-corrected chi connectivity index (χ0v) is 14.3. The number of nitrogens with one attached hydrogen (secondary N) is 1. The van der Waals surface area contributed by atoms with E-state index in [1.165, 1.54) is 44.1 Å². The van der Waals surface area contributed by atoms with Gasteiger partial charge in [0.2, 0.25) is 5.91 Å². The van der Waals surface area contributed by atoms with E-state index >= 15 is 0 Å². The van der Waals surface area contributed by atoms with E-state index in [0.717, 1.165) is 50.0 Å². The van der Waals surface area contributed by atoms with Crippen LogP contribution in [0.1, 0.15) is 71.1 Å². The van der Waals surface area contributed by atoms with Crippen LogP contribution in [0.2, 0.25) is 0 Å². The third-order valence-electron chi connectivity index (χ3n) is 5.32. The number of unbranched alkanes of at least 4 members (excludes halogenated alkanes) is 2. The first-order chi connectivity index (χ1) is 10.7. The Labute approximate surface area is 136 Å². The van der Waals surface area contributed by atoms with Crippen molar-refractivity contribution < 1.29 is 4.79 Å². The summed E-state index contributed by atoms with van der Waals surface area (Å²) in [7, 11) is 0. The molecule has 124 valence electrons. The van der Waals surface area contributed by atoms with Crippen molar-refractivity contribution in [3.05, 3.63) is 24.3 Å². The van der Waals surface area contributed by atoms with Crippen molar-refractivity contribution in [3.8, 4) is 0 Å². The van der Waals surface area contributed by atoms with Gasteiger partial charge in [0.05, 0.1) is 0 Å². The number of amides is 1. The number of rotatable bonds is 9. The molecule has 2 heteroatoms. The van der Waals surface area contributed by atoms with Gasteiger partial charge in [0.1, 0.15) is 0 Å². The molecule has 1 N–H and O–H groups in total. The molecule has 0 aliphatic heterocycles. The first-order valence-corrected chi connectivity index (χ1v) is 9.24. The standard InChI is InChI=1S/C20H33NO/c1-16(2)10-6-5-9-15-21-20(22)14-13-19-17-11-7-3-4-8-12-18(17)19/h3-4,17-19H,1,5-15H2,2H3,(H,21,22)/b4-3-. The second-order valence-electron chi connectivity index (χ2n) is 7.27. The molecule has 1 fully saturated rings. The molecule has 2 nitrogen and oxygen atoms in total. The summed E-state index contributed by atoms with van der Waals surface area (Å²) >= 11 is 0. The maximum atomic E-state index is 11.9. The van der Waals surface area contributed by atoms with Gasteiger partial charge in [-0.1, -0.05) is 24.1 Å². The van der Waals surface area contributed by atoms with E-state index in [9.17, 15) is 4.79 Å². The summed E-state index contributed by atoms with van der Waals surface area (Å²) in [4.78, 5) is 11.9. The minimum atomic E-state index is 0.261. The predicted molar refractivity (Wildman–Crippen MR) is 93.6 cm³/mol. The van der Waals surface area contributed by atoms with Crippen LogP contribution < -0.4 is 5.32 Å². The minimum absolute atomic E-state index is 0.261. The van der Waals surface area contributed by atoms with Crippen molar-refractivity contribution in [2.24, 2.45) is 17.8 Å². The molecule has 22 heavy (non-hydrogen) atoms. The van der Waals surface area contributed by atoms with E-state index in [2.05, 4.69) is 31.0 Å². The number of fused-ring (bicyclic) bond motifs is 1. The normalized spacial score (nSPS) is 28.1. The number of hydrogen-bond acceptors (Lipinski definition) is 1. The first kappa shape index (κ1) is 17.3. The smallest absolute Gasteiger partial charge is 0.220 e. The lowest BCUT2D eigenvalue weighted by atomic mass is 10.1. The molecule has 0 radical (unpaired) electrons. The van der Waals surface area contributed by atoms with Crippen LogP contribution in [-0.2, 0) is 4.79 Å². The zero-order chi connectivity index (χ0) is 15.8. The quantitative estimate of drug-likeness (QED) is 0.471. The predicted octanol–water partition coefficient (Wildman–Crippen LogP) is 5.01. The summed E-state index contributed by atoms with van der Waals surface area (Å²) in [6, 6.07) is 0. The fourth-order valence-corrected chi connectivity index (χ4v) is 3.96. The average molecular weight is 303 g/mol. The summed E-state index contributed by atoms with van der Waals surface area (Å²) in [6.07, 6.45) is 16.3. The van der Waals surface area contributed by atoms with Gasteiger partial charge in [-0.05, 0) is 76.0 Å². The number of carbonyl (C=O) groups excluding carboxylic acids is 1. The third kappa shape index (κ3) is 5.98. The molecule has 2 unspecified atom stereocenters. The van der Waals surface area contributed by atoms with Crippen molar-refractivity contribution in [2.75, 3.05) is 6.54 Å². The maximum absolute atomic E-state index is 11.9. The van der Waals surface area contributed by atoms with Gasteiger partial charge in [-0.15, -0.1) is 6.58 Å².